The van der Waals surface area contributed by atoms with Crippen LogP contribution in [0.4, 0.5) is 0 Å². The van der Waals surface area contributed by atoms with Crippen molar-refractivity contribution in [2.24, 2.45) is 5.14 Å². The molecule has 3 N–H and O–H groups in total. The Hall–Kier alpha value is -2.75. The van der Waals surface area contributed by atoms with Crippen molar-refractivity contribution in [1.82, 2.24) is 10.3 Å². The molecule has 0 saturated carbocycles. The zero-order chi connectivity index (χ0) is 21.0. The van der Waals surface area contributed by atoms with Gasteiger partial charge < -0.3 is 10.1 Å². The molecule has 152 valence electrons. The lowest BCUT2D eigenvalue weighted by Crippen LogP contribution is -2.23. The van der Waals surface area contributed by atoms with Crippen LogP contribution in [0.5, 0.6) is 5.75 Å². The van der Waals surface area contributed by atoms with E-state index in [2.05, 4.69) is 10.3 Å². The smallest absolute Gasteiger partial charge is 0.263 e. The first kappa shape index (κ1) is 21.0. The van der Waals surface area contributed by atoms with Crippen LogP contribution in [0.2, 0.25) is 0 Å². The molecule has 0 bridgehead atoms. The van der Waals surface area contributed by atoms with Crippen molar-refractivity contribution in [1.29, 1.82) is 0 Å². The van der Waals surface area contributed by atoms with E-state index in [1.54, 1.807) is 19.1 Å². The number of benzene rings is 2. The summed E-state index contributed by atoms with van der Waals surface area (Å²) in [5.74, 6) is 0.516. The van der Waals surface area contributed by atoms with E-state index < -0.39 is 10.0 Å². The topological polar surface area (TPSA) is 111 Å². The molecule has 0 atom stereocenters. The molecule has 0 aliphatic rings. The van der Waals surface area contributed by atoms with Crippen molar-refractivity contribution in [3.05, 3.63) is 64.7 Å². The van der Waals surface area contributed by atoms with E-state index in [1.165, 1.54) is 23.5 Å². The van der Waals surface area contributed by atoms with Crippen LogP contribution in [0.3, 0.4) is 0 Å². The molecule has 29 heavy (non-hydrogen) atoms. The number of rotatable bonds is 7. The number of sulfonamides is 1. The highest BCUT2D eigenvalue weighted by Crippen LogP contribution is 2.29. The Labute approximate surface area is 173 Å². The van der Waals surface area contributed by atoms with Crippen molar-refractivity contribution in [2.75, 3.05) is 6.61 Å². The Kier molecular flexibility index (Phi) is 6.31. The average Bonchev–Trinajstić information content (AvgIpc) is 3.08. The van der Waals surface area contributed by atoms with Crippen LogP contribution in [-0.4, -0.2) is 25.9 Å². The van der Waals surface area contributed by atoms with Gasteiger partial charge in [-0.15, -0.1) is 11.3 Å². The minimum absolute atomic E-state index is 0.0102. The molecule has 0 aliphatic carbocycles. The molecule has 1 heterocycles. The summed E-state index contributed by atoms with van der Waals surface area (Å²) in [5, 5.41) is 8.69. The van der Waals surface area contributed by atoms with E-state index in [-0.39, 0.29) is 17.3 Å². The molecule has 0 saturated heterocycles. The summed E-state index contributed by atoms with van der Waals surface area (Å²) in [7, 11) is -3.79. The van der Waals surface area contributed by atoms with E-state index in [0.29, 0.717) is 22.7 Å². The SMILES string of the molecule is CCOc1ccc(-c2nc(C)c(C(=O)NCc3cccc(S(N)(=O)=O)c3)s2)cc1. The molecule has 0 spiro atoms. The van der Waals surface area contributed by atoms with Gasteiger partial charge in [0.1, 0.15) is 15.6 Å². The second kappa shape index (κ2) is 8.73. The summed E-state index contributed by atoms with van der Waals surface area (Å²) in [6, 6.07) is 13.7. The highest BCUT2D eigenvalue weighted by molar-refractivity contribution is 7.89. The lowest BCUT2D eigenvalue weighted by Gasteiger charge is -2.06. The average molecular weight is 432 g/mol. The molecule has 1 amide bonds. The Morgan fingerprint density at radius 2 is 1.93 bits per heavy atom. The number of ether oxygens (including phenoxy) is 1. The van der Waals surface area contributed by atoms with Crippen molar-refractivity contribution in [3.63, 3.8) is 0 Å². The summed E-state index contributed by atoms with van der Waals surface area (Å²) in [4.78, 5) is 17.6. The van der Waals surface area contributed by atoms with Crippen LogP contribution in [-0.2, 0) is 16.6 Å². The number of aromatic nitrogens is 1. The normalized spacial score (nSPS) is 11.3. The Morgan fingerprint density at radius 3 is 2.59 bits per heavy atom. The highest BCUT2D eigenvalue weighted by Gasteiger charge is 2.16. The molecular formula is C20H21N3O4S2. The van der Waals surface area contributed by atoms with Crippen molar-refractivity contribution in [2.45, 2.75) is 25.3 Å². The third-order valence-electron chi connectivity index (χ3n) is 4.10. The van der Waals surface area contributed by atoms with Crippen molar-refractivity contribution in [3.8, 4) is 16.3 Å². The van der Waals surface area contributed by atoms with Crippen molar-refractivity contribution < 1.29 is 17.9 Å². The summed E-state index contributed by atoms with van der Waals surface area (Å²) >= 11 is 1.30. The number of carbonyl (C=O) groups is 1. The fourth-order valence-corrected chi connectivity index (χ4v) is 4.26. The number of hydrogen-bond donors (Lipinski definition) is 2. The Balaban J connectivity index is 1.72. The number of aryl methyl sites for hydroxylation is 1. The number of thiazole rings is 1. The molecule has 7 nitrogen and oxygen atoms in total. The minimum atomic E-state index is -3.79. The number of hydrogen-bond acceptors (Lipinski definition) is 6. The number of nitrogens with zero attached hydrogens (tertiary/aromatic N) is 1. The quantitative estimate of drug-likeness (QED) is 0.597. The van der Waals surface area contributed by atoms with E-state index in [0.717, 1.165) is 16.3 Å². The largest absolute Gasteiger partial charge is 0.494 e. The zero-order valence-corrected chi connectivity index (χ0v) is 17.6. The van der Waals surface area contributed by atoms with Gasteiger partial charge in [0.05, 0.1) is 17.2 Å². The number of primary sulfonamides is 1. The van der Waals surface area contributed by atoms with Crippen LogP contribution < -0.4 is 15.2 Å². The predicted molar refractivity (Wildman–Crippen MR) is 112 cm³/mol. The summed E-state index contributed by atoms with van der Waals surface area (Å²) in [6.45, 7) is 4.48. The van der Waals surface area contributed by atoms with Crippen LogP contribution in [0, 0.1) is 6.92 Å². The molecule has 0 fully saturated rings. The molecule has 1 aromatic heterocycles. The van der Waals surface area contributed by atoms with Gasteiger partial charge in [-0.1, -0.05) is 12.1 Å². The van der Waals surface area contributed by atoms with Gasteiger partial charge in [0.2, 0.25) is 10.0 Å². The highest BCUT2D eigenvalue weighted by atomic mass is 32.2. The van der Waals surface area contributed by atoms with Gasteiger partial charge in [0, 0.05) is 12.1 Å². The molecule has 3 rings (SSSR count). The van der Waals surface area contributed by atoms with Crippen LogP contribution in [0.25, 0.3) is 10.6 Å². The maximum atomic E-state index is 12.6. The van der Waals surface area contributed by atoms with Crippen LogP contribution in [0.1, 0.15) is 27.9 Å². The molecule has 2 aromatic carbocycles. The van der Waals surface area contributed by atoms with Gasteiger partial charge in [-0.2, -0.15) is 0 Å². The van der Waals surface area contributed by atoms with Gasteiger partial charge in [-0.05, 0) is 55.8 Å². The lowest BCUT2D eigenvalue weighted by atomic mass is 10.2. The standard InChI is InChI=1S/C20H21N3O4S2/c1-3-27-16-9-7-15(8-10-16)20-23-13(2)18(28-20)19(24)22-12-14-5-4-6-17(11-14)29(21,25)26/h4-11H,3,12H2,1-2H3,(H,22,24)(H2,21,25,26). The maximum Gasteiger partial charge on any atom is 0.263 e. The fourth-order valence-electron chi connectivity index (χ4n) is 2.69. The predicted octanol–water partition coefficient (Wildman–Crippen LogP) is 3.09. The summed E-state index contributed by atoms with van der Waals surface area (Å²) < 4.78 is 28.4. The van der Waals surface area contributed by atoms with Crippen LogP contribution in [0.15, 0.2) is 53.4 Å². The molecule has 3 aromatic rings. The second-order valence-electron chi connectivity index (χ2n) is 6.27. The first-order valence-corrected chi connectivity index (χ1v) is 11.2. The molecule has 0 aliphatic heterocycles. The lowest BCUT2D eigenvalue weighted by molar-refractivity contribution is 0.0954. The second-order valence-corrected chi connectivity index (χ2v) is 8.83. The maximum absolute atomic E-state index is 12.6. The first-order chi connectivity index (χ1) is 13.8. The molecule has 9 heteroatoms. The van der Waals surface area contributed by atoms with Gasteiger partial charge in [-0.25, -0.2) is 18.5 Å². The third-order valence-corrected chi connectivity index (χ3v) is 6.21. The van der Waals surface area contributed by atoms with Gasteiger partial charge in [0.25, 0.3) is 5.91 Å². The molecule has 0 radical (unpaired) electrons. The zero-order valence-electron chi connectivity index (χ0n) is 16.0. The summed E-state index contributed by atoms with van der Waals surface area (Å²) in [6.07, 6.45) is 0. The van der Waals surface area contributed by atoms with E-state index in [9.17, 15) is 13.2 Å². The van der Waals surface area contributed by atoms with Crippen molar-refractivity contribution >= 4 is 27.3 Å². The van der Waals surface area contributed by atoms with Crippen LogP contribution >= 0.6 is 11.3 Å². The Morgan fingerprint density at radius 1 is 1.21 bits per heavy atom. The van der Waals surface area contributed by atoms with E-state index in [4.69, 9.17) is 9.88 Å². The first-order valence-electron chi connectivity index (χ1n) is 8.88. The number of carbonyl (C=O) groups excluding carboxylic acids is 1. The molecular weight excluding hydrogens is 410 g/mol. The van der Waals surface area contributed by atoms with Gasteiger partial charge in [-0.3, -0.25) is 4.79 Å². The monoisotopic (exact) mass is 431 g/mol. The Bertz CT molecular complexity index is 1120. The number of nitrogens with one attached hydrogen (secondary N) is 1. The van der Waals surface area contributed by atoms with E-state index in [1.807, 2.05) is 31.2 Å². The third kappa shape index (κ3) is 5.20. The molecule has 0 unspecified atom stereocenters. The number of amides is 1. The van der Waals surface area contributed by atoms with E-state index >= 15 is 0 Å². The summed E-state index contributed by atoms with van der Waals surface area (Å²) in [5.41, 5.74) is 2.18. The van der Waals surface area contributed by atoms with Gasteiger partial charge in [0.15, 0.2) is 0 Å². The number of nitrogens with two attached hydrogens (primary N) is 1. The van der Waals surface area contributed by atoms with Gasteiger partial charge >= 0.3 is 0 Å². The minimum Gasteiger partial charge on any atom is -0.494 e. The fraction of sp³-hybridized carbons (Fsp3) is 0.200.